The molecule has 0 spiro atoms. The van der Waals surface area contributed by atoms with Crippen molar-refractivity contribution in [3.8, 4) is 0 Å². The first-order valence-electron chi connectivity index (χ1n) is 5.95. The topological polar surface area (TPSA) is 70.0 Å². The van der Waals surface area contributed by atoms with Crippen LogP contribution >= 0.6 is 0 Å². The third-order valence-corrected chi connectivity index (χ3v) is 3.10. The Morgan fingerprint density at radius 2 is 2.06 bits per heavy atom. The van der Waals surface area contributed by atoms with Gasteiger partial charge in [0, 0.05) is 12.5 Å². The van der Waals surface area contributed by atoms with E-state index in [1.165, 1.54) is 4.90 Å². The molecule has 1 fully saturated rings. The van der Waals surface area contributed by atoms with E-state index in [-0.39, 0.29) is 25.7 Å². The van der Waals surface area contributed by atoms with Crippen LogP contribution in [0.1, 0.15) is 5.56 Å². The van der Waals surface area contributed by atoms with Gasteiger partial charge in [-0.25, -0.2) is 4.79 Å². The molecule has 18 heavy (non-hydrogen) atoms. The van der Waals surface area contributed by atoms with Crippen molar-refractivity contribution in [2.24, 2.45) is 5.92 Å². The lowest BCUT2D eigenvalue weighted by Crippen LogP contribution is -2.30. The molecule has 1 aliphatic heterocycles. The van der Waals surface area contributed by atoms with E-state index in [0.717, 1.165) is 5.56 Å². The van der Waals surface area contributed by atoms with Gasteiger partial charge >= 0.3 is 6.09 Å². The summed E-state index contributed by atoms with van der Waals surface area (Å²) in [5.41, 5.74) is 0.921. The van der Waals surface area contributed by atoms with Gasteiger partial charge in [-0.3, -0.25) is 0 Å². The van der Waals surface area contributed by atoms with Crippen LogP contribution in [-0.2, 0) is 11.3 Å². The molecule has 5 nitrogen and oxygen atoms in total. The molecule has 0 aliphatic carbocycles. The number of rotatable bonds is 3. The van der Waals surface area contributed by atoms with Crippen LogP contribution in [-0.4, -0.2) is 47.0 Å². The Hall–Kier alpha value is -1.59. The second kappa shape index (κ2) is 5.84. The fourth-order valence-electron chi connectivity index (χ4n) is 1.99. The van der Waals surface area contributed by atoms with Gasteiger partial charge in [-0.05, 0) is 5.56 Å². The molecule has 2 atom stereocenters. The summed E-state index contributed by atoms with van der Waals surface area (Å²) in [6, 6.07) is 9.41. The first kappa shape index (κ1) is 12.9. The zero-order chi connectivity index (χ0) is 13.0. The van der Waals surface area contributed by atoms with Crippen LogP contribution in [0.25, 0.3) is 0 Å². The first-order chi connectivity index (χ1) is 8.70. The monoisotopic (exact) mass is 251 g/mol. The molecule has 0 bridgehead atoms. The summed E-state index contributed by atoms with van der Waals surface area (Å²) in [6.07, 6.45) is -1.12. The van der Waals surface area contributed by atoms with Gasteiger partial charge in [0.15, 0.2) is 0 Å². The molecule has 2 N–H and O–H groups in total. The van der Waals surface area contributed by atoms with Gasteiger partial charge in [0.05, 0.1) is 19.3 Å². The Labute approximate surface area is 106 Å². The number of hydrogen-bond donors (Lipinski definition) is 2. The van der Waals surface area contributed by atoms with Crippen molar-refractivity contribution in [1.29, 1.82) is 0 Å². The number of likely N-dealkylation sites (tertiary alicyclic amines) is 1. The van der Waals surface area contributed by atoms with Crippen molar-refractivity contribution in [2.75, 3.05) is 19.7 Å². The van der Waals surface area contributed by atoms with E-state index in [4.69, 9.17) is 9.84 Å². The minimum Gasteiger partial charge on any atom is -0.445 e. The molecule has 1 aromatic rings. The molecular formula is C13H17NO4. The molecule has 5 heteroatoms. The van der Waals surface area contributed by atoms with Crippen LogP contribution < -0.4 is 0 Å². The second-order valence-corrected chi connectivity index (χ2v) is 4.46. The number of ether oxygens (including phenoxy) is 1. The van der Waals surface area contributed by atoms with E-state index < -0.39 is 12.2 Å². The maximum absolute atomic E-state index is 11.7. The van der Waals surface area contributed by atoms with Crippen molar-refractivity contribution in [1.82, 2.24) is 4.90 Å². The Morgan fingerprint density at radius 3 is 2.67 bits per heavy atom. The third kappa shape index (κ3) is 3.00. The normalized spacial score (nSPS) is 23.1. The minimum atomic E-state index is -0.667. The van der Waals surface area contributed by atoms with Gasteiger partial charge in [0.1, 0.15) is 6.61 Å². The van der Waals surface area contributed by atoms with E-state index in [0.29, 0.717) is 6.54 Å². The predicted octanol–water partition coefficient (Wildman–Crippen LogP) is 0.608. The lowest BCUT2D eigenvalue weighted by molar-refractivity contribution is 0.0940. The average Bonchev–Trinajstić information content (AvgIpc) is 2.78. The van der Waals surface area contributed by atoms with Crippen LogP contribution in [0.15, 0.2) is 30.3 Å². The van der Waals surface area contributed by atoms with Crippen LogP contribution in [0.3, 0.4) is 0 Å². The molecule has 1 saturated heterocycles. The van der Waals surface area contributed by atoms with Gasteiger partial charge < -0.3 is 19.8 Å². The largest absolute Gasteiger partial charge is 0.445 e. The van der Waals surface area contributed by atoms with Crippen molar-refractivity contribution in [3.05, 3.63) is 35.9 Å². The van der Waals surface area contributed by atoms with E-state index in [9.17, 15) is 9.90 Å². The van der Waals surface area contributed by atoms with Crippen molar-refractivity contribution < 1.29 is 19.7 Å². The van der Waals surface area contributed by atoms with Crippen molar-refractivity contribution in [3.63, 3.8) is 0 Å². The maximum atomic E-state index is 11.7. The van der Waals surface area contributed by atoms with Crippen LogP contribution in [0.4, 0.5) is 4.79 Å². The SMILES string of the molecule is O=C(OCc1ccccc1)N1C[C@@H](CO)[C@@H](O)C1. The molecule has 2 rings (SSSR count). The summed E-state index contributed by atoms with van der Waals surface area (Å²) in [5, 5.41) is 18.6. The lowest BCUT2D eigenvalue weighted by Gasteiger charge is -2.15. The maximum Gasteiger partial charge on any atom is 0.410 e. The van der Waals surface area contributed by atoms with E-state index in [2.05, 4.69) is 0 Å². The third-order valence-electron chi connectivity index (χ3n) is 3.10. The molecule has 1 aliphatic rings. The summed E-state index contributed by atoms with van der Waals surface area (Å²) < 4.78 is 5.15. The highest BCUT2D eigenvalue weighted by molar-refractivity contribution is 5.68. The average molecular weight is 251 g/mol. The Morgan fingerprint density at radius 1 is 1.33 bits per heavy atom. The van der Waals surface area contributed by atoms with Gasteiger partial charge in [0.2, 0.25) is 0 Å². The number of β-amino-alcohol motifs (C(OH)–C–C–N with tert-alkyl or cyclic N) is 1. The highest BCUT2D eigenvalue weighted by Gasteiger charge is 2.34. The number of aliphatic hydroxyl groups is 2. The predicted molar refractivity (Wildman–Crippen MR) is 64.8 cm³/mol. The summed E-state index contributed by atoms with van der Waals surface area (Å²) in [6.45, 7) is 0.657. The van der Waals surface area contributed by atoms with Gasteiger partial charge in [-0.1, -0.05) is 30.3 Å². The fourth-order valence-corrected chi connectivity index (χ4v) is 1.99. The smallest absolute Gasteiger partial charge is 0.410 e. The molecule has 1 amide bonds. The van der Waals surface area contributed by atoms with E-state index in [1.807, 2.05) is 30.3 Å². The number of nitrogens with zero attached hydrogens (tertiary/aromatic N) is 1. The highest BCUT2D eigenvalue weighted by Crippen LogP contribution is 2.17. The second-order valence-electron chi connectivity index (χ2n) is 4.46. The Balaban J connectivity index is 1.82. The molecule has 0 unspecified atom stereocenters. The minimum absolute atomic E-state index is 0.121. The zero-order valence-electron chi connectivity index (χ0n) is 10.0. The van der Waals surface area contributed by atoms with E-state index in [1.54, 1.807) is 0 Å². The lowest BCUT2D eigenvalue weighted by atomic mass is 10.1. The number of aliphatic hydroxyl groups excluding tert-OH is 2. The molecule has 0 saturated carbocycles. The number of benzene rings is 1. The molecule has 0 radical (unpaired) electrons. The number of carbonyl (C=O) groups excluding carboxylic acids is 1. The summed E-state index contributed by atoms with van der Waals surface area (Å²) >= 11 is 0. The van der Waals surface area contributed by atoms with Gasteiger partial charge in [-0.15, -0.1) is 0 Å². The summed E-state index contributed by atoms with van der Waals surface area (Å²) in [4.78, 5) is 13.2. The highest BCUT2D eigenvalue weighted by atomic mass is 16.6. The Kier molecular flexibility index (Phi) is 4.17. The van der Waals surface area contributed by atoms with Crippen molar-refractivity contribution >= 4 is 6.09 Å². The van der Waals surface area contributed by atoms with E-state index >= 15 is 0 Å². The summed E-state index contributed by atoms with van der Waals surface area (Å²) in [7, 11) is 0. The van der Waals surface area contributed by atoms with Crippen LogP contribution in [0.5, 0.6) is 0 Å². The molecule has 0 aromatic heterocycles. The number of carbonyl (C=O) groups is 1. The standard InChI is InChI=1S/C13H17NO4/c15-8-11-6-14(7-12(11)16)13(17)18-9-10-4-2-1-3-5-10/h1-5,11-12,15-16H,6-9H2/t11-,12-/m0/s1. The van der Waals surface area contributed by atoms with Gasteiger partial charge in [0.25, 0.3) is 0 Å². The number of amides is 1. The molecule has 98 valence electrons. The fraction of sp³-hybridized carbons (Fsp3) is 0.462. The number of hydrogen-bond acceptors (Lipinski definition) is 4. The molecule has 1 aromatic carbocycles. The molecule has 1 heterocycles. The van der Waals surface area contributed by atoms with Gasteiger partial charge in [-0.2, -0.15) is 0 Å². The molecular weight excluding hydrogens is 234 g/mol. The first-order valence-corrected chi connectivity index (χ1v) is 5.95. The van der Waals surface area contributed by atoms with Crippen LogP contribution in [0, 0.1) is 5.92 Å². The quantitative estimate of drug-likeness (QED) is 0.825. The Bertz CT molecular complexity index is 395. The zero-order valence-corrected chi connectivity index (χ0v) is 10.0. The van der Waals surface area contributed by atoms with Crippen LogP contribution in [0.2, 0.25) is 0 Å². The van der Waals surface area contributed by atoms with Crippen molar-refractivity contribution in [2.45, 2.75) is 12.7 Å². The summed E-state index contributed by atoms with van der Waals surface area (Å²) in [5.74, 6) is -0.269.